The Labute approximate surface area is 170 Å². The van der Waals surface area contributed by atoms with Crippen LogP contribution in [0.15, 0.2) is 29.0 Å². The summed E-state index contributed by atoms with van der Waals surface area (Å²) in [5.41, 5.74) is 1.74. The molecule has 1 fully saturated rings. The Kier molecular flexibility index (Phi) is 7.17. The van der Waals surface area contributed by atoms with Crippen molar-refractivity contribution in [2.75, 3.05) is 41.0 Å². The number of carbonyl (C=O) groups is 1. The molecule has 1 aromatic heterocycles. The molecule has 0 saturated carbocycles. The molecule has 1 saturated heterocycles. The van der Waals surface area contributed by atoms with Gasteiger partial charge >= 0.3 is 0 Å². The normalized spacial score (nSPS) is 15.7. The lowest BCUT2D eigenvalue weighted by atomic mass is 10.0. The zero-order valence-electron chi connectivity index (χ0n) is 16.7. The molecule has 1 N–H and O–H groups in total. The van der Waals surface area contributed by atoms with Crippen LogP contribution < -0.4 is 19.5 Å². The van der Waals surface area contributed by atoms with Gasteiger partial charge in [0.15, 0.2) is 11.5 Å². The van der Waals surface area contributed by atoms with Gasteiger partial charge in [-0.05, 0) is 60.5 Å². The van der Waals surface area contributed by atoms with Crippen molar-refractivity contribution in [3.63, 3.8) is 0 Å². The molecule has 0 spiro atoms. The second-order valence-electron chi connectivity index (χ2n) is 6.79. The van der Waals surface area contributed by atoms with E-state index in [1.807, 2.05) is 0 Å². The SMILES string of the molecule is COc1cc(C(=O)NCC(c2ccsc2)N2CCCCC2)cc(OC)c1OC. The number of hydrogen-bond donors (Lipinski definition) is 1. The number of rotatable bonds is 8. The molecular formula is C21H28N2O4S. The Morgan fingerprint density at radius 2 is 1.79 bits per heavy atom. The predicted octanol–water partition coefficient (Wildman–Crippen LogP) is 3.73. The molecule has 2 aromatic rings. The van der Waals surface area contributed by atoms with Gasteiger partial charge in [-0.25, -0.2) is 0 Å². The number of hydrogen-bond acceptors (Lipinski definition) is 6. The number of nitrogens with zero attached hydrogens (tertiary/aromatic N) is 1. The van der Waals surface area contributed by atoms with Crippen molar-refractivity contribution in [3.05, 3.63) is 40.1 Å². The van der Waals surface area contributed by atoms with E-state index in [-0.39, 0.29) is 11.9 Å². The van der Waals surface area contributed by atoms with Gasteiger partial charge in [0.25, 0.3) is 5.91 Å². The number of nitrogens with one attached hydrogen (secondary N) is 1. The van der Waals surface area contributed by atoms with Crippen molar-refractivity contribution in [1.29, 1.82) is 0 Å². The Morgan fingerprint density at radius 3 is 2.32 bits per heavy atom. The van der Waals surface area contributed by atoms with E-state index in [1.165, 1.54) is 24.8 Å². The van der Waals surface area contributed by atoms with Crippen LogP contribution in [0.25, 0.3) is 0 Å². The molecule has 0 bridgehead atoms. The van der Waals surface area contributed by atoms with E-state index in [1.54, 1.807) is 44.8 Å². The maximum absolute atomic E-state index is 12.9. The van der Waals surface area contributed by atoms with Crippen LogP contribution in [0.5, 0.6) is 17.2 Å². The minimum absolute atomic E-state index is 0.156. The van der Waals surface area contributed by atoms with Gasteiger partial charge in [0.1, 0.15) is 0 Å². The topological polar surface area (TPSA) is 60.0 Å². The molecule has 1 unspecified atom stereocenters. The Bertz CT molecular complexity index is 748. The van der Waals surface area contributed by atoms with Crippen LogP contribution in [0, 0.1) is 0 Å². The monoisotopic (exact) mass is 404 g/mol. The Hall–Kier alpha value is -2.25. The average Bonchev–Trinajstić information content (AvgIpc) is 3.27. The highest BCUT2D eigenvalue weighted by Crippen LogP contribution is 2.38. The maximum atomic E-state index is 12.9. The minimum Gasteiger partial charge on any atom is -0.493 e. The van der Waals surface area contributed by atoms with E-state index in [9.17, 15) is 4.79 Å². The number of ether oxygens (including phenoxy) is 3. The summed E-state index contributed by atoms with van der Waals surface area (Å²) in [5, 5.41) is 7.36. The van der Waals surface area contributed by atoms with Crippen LogP contribution in [0.1, 0.15) is 41.2 Å². The molecule has 1 aliphatic heterocycles. The van der Waals surface area contributed by atoms with Crippen molar-refractivity contribution in [2.24, 2.45) is 0 Å². The zero-order valence-corrected chi connectivity index (χ0v) is 17.5. The summed E-state index contributed by atoms with van der Waals surface area (Å²) in [6.45, 7) is 2.70. The van der Waals surface area contributed by atoms with Gasteiger partial charge in [-0.1, -0.05) is 6.42 Å². The van der Waals surface area contributed by atoms with E-state index in [2.05, 4.69) is 27.0 Å². The molecule has 1 aromatic carbocycles. The average molecular weight is 405 g/mol. The molecule has 2 heterocycles. The minimum atomic E-state index is -0.156. The van der Waals surface area contributed by atoms with Crippen LogP contribution in [0.2, 0.25) is 0 Å². The van der Waals surface area contributed by atoms with Crippen molar-refractivity contribution in [3.8, 4) is 17.2 Å². The molecule has 1 amide bonds. The number of carbonyl (C=O) groups excluding carboxylic acids is 1. The summed E-state index contributed by atoms with van der Waals surface area (Å²) in [7, 11) is 4.63. The third-order valence-electron chi connectivity index (χ3n) is 5.14. The summed E-state index contributed by atoms with van der Waals surface area (Å²) in [6.07, 6.45) is 3.70. The van der Waals surface area contributed by atoms with Gasteiger partial charge in [-0.15, -0.1) is 0 Å². The molecule has 6 nitrogen and oxygen atoms in total. The lowest BCUT2D eigenvalue weighted by Crippen LogP contribution is -2.40. The quantitative estimate of drug-likeness (QED) is 0.726. The summed E-state index contributed by atoms with van der Waals surface area (Å²) in [5.74, 6) is 1.26. The van der Waals surface area contributed by atoms with Crippen LogP contribution in [-0.4, -0.2) is 51.8 Å². The molecular weight excluding hydrogens is 376 g/mol. The first kappa shape index (κ1) is 20.5. The van der Waals surface area contributed by atoms with Gasteiger partial charge in [-0.3, -0.25) is 9.69 Å². The highest BCUT2D eigenvalue weighted by Gasteiger charge is 2.24. The van der Waals surface area contributed by atoms with Crippen molar-refractivity contribution in [1.82, 2.24) is 10.2 Å². The van der Waals surface area contributed by atoms with Crippen LogP contribution in [0.4, 0.5) is 0 Å². The van der Waals surface area contributed by atoms with E-state index in [4.69, 9.17) is 14.2 Å². The lowest BCUT2D eigenvalue weighted by Gasteiger charge is -2.34. The second kappa shape index (κ2) is 9.80. The number of benzene rings is 1. The molecule has 152 valence electrons. The fourth-order valence-corrected chi connectivity index (χ4v) is 4.36. The largest absolute Gasteiger partial charge is 0.493 e. The number of likely N-dealkylation sites (tertiary alicyclic amines) is 1. The van der Waals surface area contributed by atoms with E-state index in [0.717, 1.165) is 13.1 Å². The van der Waals surface area contributed by atoms with E-state index in [0.29, 0.717) is 29.4 Å². The summed E-state index contributed by atoms with van der Waals surface area (Å²) < 4.78 is 16.0. The molecule has 1 aliphatic rings. The Balaban J connectivity index is 1.75. The smallest absolute Gasteiger partial charge is 0.251 e. The van der Waals surface area contributed by atoms with Gasteiger partial charge < -0.3 is 19.5 Å². The standard InChI is InChI=1S/C21H28N2O4S/c1-25-18-11-16(12-19(26-2)20(18)27-3)21(24)22-13-17(15-7-10-28-14-15)23-8-5-4-6-9-23/h7,10-12,14,17H,4-6,8-9,13H2,1-3H3,(H,22,24). The van der Waals surface area contributed by atoms with Crippen molar-refractivity contribution in [2.45, 2.75) is 25.3 Å². The molecule has 28 heavy (non-hydrogen) atoms. The number of amides is 1. The fourth-order valence-electron chi connectivity index (χ4n) is 3.66. The van der Waals surface area contributed by atoms with Gasteiger partial charge in [0.05, 0.1) is 27.4 Å². The molecule has 7 heteroatoms. The third kappa shape index (κ3) is 4.59. The van der Waals surface area contributed by atoms with Crippen LogP contribution >= 0.6 is 11.3 Å². The Morgan fingerprint density at radius 1 is 1.11 bits per heavy atom. The molecule has 0 radical (unpaired) electrons. The number of piperidine rings is 1. The van der Waals surface area contributed by atoms with Gasteiger partial charge in [0, 0.05) is 12.1 Å². The van der Waals surface area contributed by atoms with E-state index >= 15 is 0 Å². The van der Waals surface area contributed by atoms with Gasteiger partial charge in [0.2, 0.25) is 5.75 Å². The highest BCUT2D eigenvalue weighted by molar-refractivity contribution is 7.07. The summed E-state index contributed by atoms with van der Waals surface area (Å²) in [6, 6.07) is 5.70. The lowest BCUT2D eigenvalue weighted by molar-refractivity contribution is 0.0924. The first-order chi connectivity index (χ1) is 13.7. The van der Waals surface area contributed by atoms with Crippen LogP contribution in [-0.2, 0) is 0 Å². The van der Waals surface area contributed by atoms with Crippen molar-refractivity contribution < 1.29 is 19.0 Å². The molecule has 1 atom stereocenters. The van der Waals surface area contributed by atoms with Gasteiger partial charge in [-0.2, -0.15) is 11.3 Å². The second-order valence-corrected chi connectivity index (χ2v) is 7.57. The first-order valence-corrected chi connectivity index (χ1v) is 10.5. The predicted molar refractivity (Wildman–Crippen MR) is 111 cm³/mol. The van der Waals surface area contributed by atoms with E-state index < -0.39 is 0 Å². The first-order valence-electron chi connectivity index (χ1n) is 9.52. The third-order valence-corrected chi connectivity index (χ3v) is 5.84. The number of methoxy groups -OCH3 is 3. The van der Waals surface area contributed by atoms with Crippen molar-refractivity contribution >= 4 is 17.2 Å². The number of thiophene rings is 1. The fraction of sp³-hybridized carbons (Fsp3) is 0.476. The molecule has 0 aliphatic carbocycles. The van der Waals surface area contributed by atoms with Crippen LogP contribution in [0.3, 0.4) is 0 Å². The molecule has 3 rings (SSSR count). The summed E-state index contributed by atoms with van der Waals surface area (Å²) in [4.78, 5) is 15.3. The summed E-state index contributed by atoms with van der Waals surface area (Å²) >= 11 is 1.69. The maximum Gasteiger partial charge on any atom is 0.251 e. The highest BCUT2D eigenvalue weighted by atomic mass is 32.1. The zero-order chi connectivity index (χ0) is 19.9.